The molecule has 0 aliphatic heterocycles. The Balaban J connectivity index is 2.20. The van der Waals surface area contributed by atoms with Crippen LogP contribution >= 0.6 is 0 Å². The van der Waals surface area contributed by atoms with Crippen molar-refractivity contribution in [2.45, 2.75) is 39.0 Å². The van der Waals surface area contributed by atoms with Crippen molar-refractivity contribution < 1.29 is 19.1 Å². The van der Waals surface area contributed by atoms with Crippen LogP contribution in [0.25, 0.3) is 0 Å². The van der Waals surface area contributed by atoms with Crippen LogP contribution < -0.4 is 4.74 Å². The normalized spacial score (nSPS) is 10.1. The molecule has 0 unspecified atom stereocenters. The second-order valence-corrected chi connectivity index (χ2v) is 4.55. The van der Waals surface area contributed by atoms with E-state index in [1.165, 1.54) is 0 Å². The second kappa shape index (κ2) is 9.13. The van der Waals surface area contributed by atoms with Crippen LogP contribution in [0.15, 0.2) is 24.3 Å². The van der Waals surface area contributed by atoms with Gasteiger partial charge >= 0.3 is 5.97 Å². The lowest BCUT2D eigenvalue weighted by molar-refractivity contribution is -0.143. The highest BCUT2D eigenvalue weighted by molar-refractivity contribution is 5.79. The summed E-state index contributed by atoms with van der Waals surface area (Å²) < 4.78 is 9.89. The summed E-state index contributed by atoms with van der Waals surface area (Å²) in [6.07, 6.45) is 2.56. The lowest BCUT2D eigenvalue weighted by Gasteiger charge is -2.04. The minimum Gasteiger partial charge on any atom is -0.497 e. The van der Waals surface area contributed by atoms with Crippen molar-refractivity contribution in [1.82, 2.24) is 0 Å². The van der Waals surface area contributed by atoms with Crippen molar-refractivity contribution in [1.29, 1.82) is 0 Å². The highest BCUT2D eigenvalue weighted by Crippen LogP contribution is 2.13. The summed E-state index contributed by atoms with van der Waals surface area (Å²) in [6.45, 7) is 2.17. The van der Waals surface area contributed by atoms with Crippen molar-refractivity contribution in [3.8, 4) is 5.75 Å². The third-order valence-corrected chi connectivity index (χ3v) is 2.99. The minimum atomic E-state index is -0.226. The molecule has 0 fully saturated rings. The van der Waals surface area contributed by atoms with Gasteiger partial charge in [-0.25, -0.2) is 0 Å². The van der Waals surface area contributed by atoms with Crippen molar-refractivity contribution in [3.63, 3.8) is 0 Å². The zero-order chi connectivity index (χ0) is 14.8. The molecule has 0 saturated carbocycles. The average Bonchev–Trinajstić information content (AvgIpc) is 2.46. The molecule has 0 N–H and O–H groups in total. The van der Waals surface area contributed by atoms with E-state index in [1.807, 2.05) is 24.3 Å². The first-order valence-corrected chi connectivity index (χ1v) is 6.96. The zero-order valence-corrected chi connectivity index (χ0v) is 12.2. The summed E-state index contributed by atoms with van der Waals surface area (Å²) >= 11 is 0. The molecule has 0 spiro atoms. The number of ketones is 1. The molecule has 20 heavy (non-hydrogen) atoms. The molecule has 0 aliphatic rings. The fourth-order valence-electron chi connectivity index (χ4n) is 1.86. The summed E-state index contributed by atoms with van der Waals surface area (Å²) in [6, 6.07) is 7.70. The molecule has 1 aromatic rings. The summed E-state index contributed by atoms with van der Waals surface area (Å²) in [5.41, 5.74) is 1.12. The number of methoxy groups -OCH3 is 1. The highest BCUT2D eigenvalue weighted by atomic mass is 16.5. The molecule has 0 radical (unpaired) electrons. The van der Waals surface area contributed by atoms with Gasteiger partial charge in [0.15, 0.2) is 0 Å². The topological polar surface area (TPSA) is 52.6 Å². The number of carbonyl (C=O) groups is 2. The van der Waals surface area contributed by atoms with Crippen LogP contribution in [-0.4, -0.2) is 25.5 Å². The number of Topliss-reactive ketones (excluding diaryl/α,β-unsaturated/α-hetero) is 1. The minimum absolute atomic E-state index is 0.185. The molecule has 0 amide bonds. The number of benzene rings is 1. The molecular weight excluding hydrogens is 256 g/mol. The predicted molar refractivity (Wildman–Crippen MR) is 76.8 cm³/mol. The van der Waals surface area contributed by atoms with Crippen LogP contribution in [0.5, 0.6) is 5.75 Å². The molecule has 4 nitrogen and oxygen atoms in total. The first-order valence-electron chi connectivity index (χ1n) is 6.96. The quantitative estimate of drug-likeness (QED) is 0.652. The Morgan fingerprint density at radius 3 is 2.35 bits per heavy atom. The van der Waals surface area contributed by atoms with Crippen molar-refractivity contribution >= 4 is 11.8 Å². The molecule has 0 saturated heterocycles. The van der Waals surface area contributed by atoms with E-state index >= 15 is 0 Å². The maximum absolute atomic E-state index is 11.7. The van der Waals surface area contributed by atoms with Gasteiger partial charge in [-0.15, -0.1) is 0 Å². The molecular formula is C16H22O4. The fourth-order valence-corrected chi connectivity index (χ4v) is 1.86. The monoisotopic (exact) mass is 278 g/mol. The van der Waals surface area contributed by atoms with E-state index in [2.05, 4.69) is 0 Å². The smallest absolute Gasteiger partial charge is 0.305 e. The first-order chi connectivity index (χ1) is 9.65. The number of aryl methyl sites for hydroxylation is 1. The Bertz CT molecular complexity index is 423. The van der Waals surface area contributed by atoms with Crippen LogP contribution in [0.1, 0.15) is 38.2 Å². The van der Waals surface area contributed by atoms with Gasteiger partial charge in [0.25, 0.3) is 0 Å². The van der Waals surface area contributed by atoms with E-state index in [9.17, 15) is 9.59 Å². The van der Waals surface area contributed by atoms with Crippen molar-refractivity contribution in [3.05, 3.63) is 29.8 Å². The molecule has 0 bridgehead atoms. The molecule has 0 heterocycles. The largest absolute Gasteiger partial charge is 0.497 e. The van der Waals surface area contributed by atoms with Gasteiger partial charge in [0.1, 0.15) is 11.5 Å². The number of hydrogen-bond acceptors (Lipinski definition) is 4. The summed E-state index contributed by atoms with van der Waals surface area (Å²) in [7, 11) is 1.63. The third kappa shape index (κ3) is 6.36. The SMILES string of the molecule is CCOC(=O)CCCC(=O)CCc1ccc(OC)cc1. The maximum Gasteiger partial charge on any atom is 0.305 e. The molecule has 0 atom stereocenters. The molecule has 1 aromatic carbocycles. The first kappa shape index (κ1) is 16.2. The lowest BCUT2D eigenvalue weighted by Crippen LogP contribution is -2.06. The molecule has 1 rings (SSSR count). The molecule has 4 heteroatoms. The standard InChI is InChI=1S/C16H22O4/c1-3-20-16(18)6-4-5-14(17)10-7-13-8-11-15(19-2)12-9-13/h8-9,11-12H,3-7,10H2,1-2H3. The van der Waals surface area contributed by atoms with Gasteiger partial charge in [-0.1, -0.05) is 12.1 Å². The molecule has 110 valence electrons. The van der Waals surface area contributed by atoms with Crippen LogP contribution in [0.4, 0.5) is 0 Å². The summed E-state index contributed by atoms with van der Waals surface area (Å²) in [5, 5.41) is 0. The van der Waals surface area contributed by atoms with E-state index in [1.54, 1.807) is 14.0 Å². The van der Waals surface area contributed by atoms with Gasteiger partial charge in [0.2, 0.25) is 0 Å². The van der Waals surface area contributed by atoms with Gasteiger partial charge in [-0.3, -0.25) is 9.59 Å². The number of hydrogen-bond donors (Lipinski definition) is 0. The molecule has 0 aromatic heterocycles. The maximum atomic E-state index is 11.7. The average molecular weight is 278 g/mol. The van der Waals surface area contributed by atoms with Gasteiger partial charge in [0, 0.05) is 19.3 Å². The van der Waals surface area contributed by atoms with Gasteiger partial charge in [-0.2, -0.15) is 0 Å². The number of carbonyl (C=O) groups excluding carboxylic acids is 2. The Labute approximate surface area is 120 Å². The third-order valence-electron chi connectivity index (χ3n) is 2.99. The van der Waals surface area contributed by atoms with Gasteiger partial charge in [0.05, 0.1) is 13.7 Å². The van der Waals surface area contributed by atoms with E-state index in [-0.39, 0.29) is 11.8 Å². The Morgan fingerprint density at radius 1 is 1.05 bits per heavy atom. The van der Waals surface area contributed by atoms with Crippen LogP contribution in [0, 0.1) is 0 Å². The van der Waals surface area contributed by atoms with Crippen LogP contribution in [-0.2, 0) is 20.7 Å². The van der Waals surface area contributed by atoms with E-state index in [4.69, 9.17) is 9.47 Å². The van der Waals surface area contributed by atoms with Crippen molar-refractivity contribution in [2.75, 3.05) is 13.7 Å². The van der Waals surface area contributed by atoms with E-state index in [0.29, 0.717) is 32.3 Å². The zero-order valence-electron chi connectivity index (χ0n) is 12.2. The summed E-state index contributed by atoms with van der Waals surface area (Å²) in [4.78, 5) is 22.8. The highest BCUT2D eigenvalue weighted by Gasteiger charge is 2.06. The fraction of sp³-hybridized carbons (Fsp3) is 0.500. The Hall–Kier alpha value is -1.84. The molecule has 0 aliphatic carbocycles. The van der Waals surface area contributed by atoms with Crippen molar-refractivity contribution in [2.24, 2.45) is 0 Å². The number of esters is 1. The second-order valence-electron chi connectivity index (χ2n) is 4.55. The Morgan fingerprint density at radius 2 is 1.75 bits per heavy atom. The summed E-state index contributed by atoms with van der Waals surface area (Å²) in [5.74, 6) is 0.773. The van der Waals surface area contributed by atoms with Crippen LogP contribution in [0.2, 0.25) is 0 Å². The van der Waals surface area contributed by atoms with Gasteiger partial charge in [-0.05, 0) is 37.5 Å². The van der Waals surface area contributed by atoms with Gasteiger partial charge < -0.3 is 9.47 Å². The lowest BCUT2D eigenvalue weighted by atomic mass is 10.0. The predicted octanol–water partition coefficient (Wildman–Crippen LogP) is 2.93. The van der Waals surface area contributed by atoms with Crippen LogP contribution in [0.3, 0.4) is 0 Å². The number of rotatable bonds is 9. The van der Waals surface area contributed by atoms with E-state index < -0.39 is 0 Å². The number of ether oxygens (including phenoxy) is 2. The van der Waals surface area contributed by atoms with E-state index in [0.717, 1.165) is 17.7 Å². The Kier molecular flexibility index (Phi) is 7.40.